The minimum absolute atomic E-state index is 0.249. The first-order valence-electron chi connectivity index (χ1n) is 7.06. The van der Waals surface area contributed by atoms with Gasteiger partial charge in [0.15, 0.2) is 0 Å². The molecule has 22 heavy (non-hydrogen) atoms. The highest BCUT2D eigenvalue weighted by Crippen LogP contribution is 2.22. The molecule has 1 aromatic heterocycles. The number of para-hydroxylation sites is 1. The quantitative estimate of drug-likeness (QED) is 0.692. The van der Waals surface area contributed by atoms with E-state index >= 15 is 0 Å². The van der Waals surface area contributed by atoms with Crippen molar-refractivity contribution in [3.05, 3.63) is 60.3 Å². The first-order chi connectivity index (χ1) is 10.6. The molecule has 3 aromatic rings. The third-order valence-corrected chi connectivity index (χ3v) is 3.61. The van der Waals surface area contributed by atoms with Crippen LogP contribution in [0.5, 0.6) is 0 Å². The van der Waals surface area contributed by atoms with Gasteiger partial charge in [-0.1, -0.05) is 42.5 Å². The van der Waals surface area contributed by atoms with Crippen molar-refractivity contribution in [3.63, 3.8) is 0 Å². The number of anilines is 1. The molecule has 0 spiro atoms. The number of hydrogen-bond acceptors (Lipinski definition) is 3. The van der Waals surface area contributed by atoms with Gasteiger partial charge < -0.3 is 10.4 Å². The lowest BCUT2D eigenvalue weighted by atomic mass is 9.95. The number of nitrogens with one attached hydrogen (secondary N) is 2. The average molecular weight is 295 g/mol. The fraction of sp³-hybridized carbons (Fsp3) is 0.176. The number of aromatic amines is 1. The zero-order chi connectivity index (χ0) is 15.6. The van der Waals surface area contributed by atoms with Gasteiger partial charge in [-0.2, -0.15) is 5.10 Å². The largest absolute Gasteiger partial charge is 0.380 e. The molecule has 112 valence electrons. The summed E-state index contributed by atoms with van der Waals surface area (Å²) in [5.74, 6) is -0.446. The van der Waals surface area contributed by atoms with Gasteiger partial charge in [-0.3, -0.25) is 9.89 Å². The Kier molecular flexibility index (Phi) is 3.65. The van der Waals surface area contributed by atoms with Crippen molar-refractivity contribution in [2.75, 3.05) is 5.32 Å². The zero-order valence-electron chi connectivity index (χ0n) is 12.2. The summed E-state index contributed by atoms with van der Waals surface area (Å²) in [5.41, 5.74) is 0.755. The Hall–Kier alpha value is -2.66. The van der Waals surface area contributed by atoms with Crippen LogP contribution >= 0.6 is 0 Å². The number of amides is 1. The van der Waals surface area contributed by atoms with E-state index < -0.39 is 11.5 Å². The van der Waals surface area contributed by atoms with Gasteiger partial charge in [0.25, 0.3) is 5.91 Å². The molecule has 2 aromatic carbocycles. The first-order valence-corrected chi connectivity index (χ1v) is 7.06. The van der Waals surface area contributed by atoms with Gasteiger partial charge in [0.2, 0.25) is 0 Å². The minimum Gasteiger partial charge on any atom is -0.380 e. The highest BCUT2D eigenvalue weighted by molar-refractivity contribution is 6.03. The van der Waals surface area contributed by atoms with E-state index in [-0.39, 0.29) is 6.42 Å². The maximum absolute atomic E-state index is 12.4. The van der Waals surface area contributed by atoms with Crippen molar-refractivity contribution >= 4 is 22.5 Å². The van der Waals surface area contributed by atoms with E-state index in [0.717, 1.165) is 16.5 Å². The van der Waals surface area contributed by atoms with Gasteiger partial charge in [-0.15, -0.1) is 0 Å². The van der Waals surface area contributed by atoms with Crippen LogP contribution in [0.15, 0.2) is 54.7 Å². The lowest BCUT2D eigenvalue weighted by molar-refractivity contribution is -0.132. The van der Waals surface area contributed by atoms with Gasteiger partial charge in [0.05, 0.1) is 17.4 Å². The van der Waals surface area contributed by atoms with Crippen LogP contribution in [-0.4, -0.2) is 26.8 Å². The number of aliphatic hydroxyl groups is 1. The van der Waals surface area contributed by atoms with Gasteiger partial charge in [0, 0.05) is 11.8 Å². The molecule has 0 unspecified atom stereocenters. The second kappa shape index (κ2) is 5.61. The number of rotatable bonds is 4. The fourth-order valence-corrected chi connectivity index (χ4v) is 2.40. The van der Waals surface area contributed by atoms with Crippen LogP contribution in [-0.2, 0) is 11.2 Å². The van der Waals surface area contributed by atoms with Crippen molar-refractivity contribution in [3.8, 4) is 0 Å². The van der Waals surface area contributed by atoms with Crippen LogP contribution in [0.4, 0.5) is 5.69 Å². The summed E-state index contributed by atoms with van der Waals surface area (Å²) in [6, 6.07) is 14.9. The molecule has 0 fully saturated rings. The van der Waals surface area contributed by atoms with Gasteiger partial charge in [0.1, 0.15) is 5.60 Å². The molecular formula is C17H17N3O2. The van der Waals surface area contributed by atoms with Crippen molar-refractivity contribution in [2.24, 2.45) is 0 Å². The lowest BCUT2D eigenvalue weighted by Gasteiger charge is -2.22. The topological polar surface area (TPSA) is 78.0 Å². The standard InChI is InChI=1S/C17H17N3O2/c1-17(22,10-12-6-3-2-4-7-12)16(21)19-14-9-5-8-13-11-18-20-15(13)14/h2-9,11,22H,10H2,1H3,(H,18,20)(H,19,21)/t17-/m0/s1. The second-order valence-corrected chi connectivity index (χ2v) is 5.53. The summed E-state index contributed by atoms with van der Waals surface area (Å²) in [6.45, 7) is 1.52. The molecule has 5 nitrogen and oxygen atoms in total. The van der Waals surface area contributed by atoms with E-state index in [0.29, 0.717) is 5.69 Å². The number of carbonyl (C=O) groups excluding carboxylic acids is 1. The molecule has 1 atom stereocenters. The number of hydrogen-bond donors (Lipinski definition) is 3. The monoisotopic (exact) mass is 295 g/mol. The van der Waals surface area contributed by atoms with E-state index in [1.807, 2.05) is 42.5 Å². The number of aromatic nitrogens is 2. The molecule has 5 heteroatoms. The van der Waals surface area contributed by atoms with Crippen LogP contribution in [0.3, 0.4) is 0 Å². The highest BCUT2D eigenvalue weighted by atomic mass is 16.3. The molecule has 0 aliphatic carbocycles. The maximum Gasteiger partial charge on any atom is 0.256 e. The molecule has 0 saturated heterocycles. The Morgan fingerprint density at radius 3 is 2.77 bits per heavy atom. The highest BCUT2D eigenvalue weighted by Gasteiger charge is 2.30. The average Bonchev–Trinajstić information content (AvgIpc) is 2.97. The Balaban J connectivity index is 1.80. The summed E-state index contributed by atoms with van der Waals surface area (Å²) in [7, 11) is 0. The fourth-order valence-electron chi connectivity index (χ4n) is 2.40. The Labute approximate surface area is 128 Å². The van der Waals surface area contributed by atoms with Crippen molar-refractivity contribution in [1.29, 1.82) is 0 Å². The molecule has 0 bridgehead atoms. The number of carbonyl (C=O) groups is 1. The van der Waals surface area contributed by atoms with Crippen molar-refractivity contribution < 1.29 is 9.90 Å². The van der Waals surface area contributed by atoms with Gasteiger partial charge in [-0.05, 0) is 18.6 Å². The molecule has 0 aliphatic heterocycles. The van der Waals surface area contributed by atoms with Crippen molar-refractivity contribution in [2.45, 2.75) is 18.9 Å². The van der Waals surface area contributed by atoms with Gasteiger partial charge >= 0.3 is 0 Å². The SMILES string of the molecule is C[C@](O)(Cc1ccccc1)C(=O)Nc1cccc2cn[nH]c12. The Morgan fingerprint density at radius 2 is 2.00 bits per heavy atom. The van der Waals surface area contributed by atoms with Crippen LogP contribution in [0, 0.1) is 0 Å². The van der Waals surface area contributed by atoms with E-state index in [2.05, 4.69) is 15.5 Å². The molecule has 0 radical (unpaired) electrons. The van der Waals surface area contributed by atoms with E-state index in [4.69, 9.17) is 0 Å². The summed E-state index contributed by atoms with van der Waals surface area (Å²) in [5, 5.41) is 21.0. The summed E-state index contributed by atoms with van der Waals surface area (Å²) >= 11 is 0. The van der Waals surface area contributed by atoms with E-state index in [1.54, 1.807) is 12.3 Å². The van der Waals surface area contributed by atoms with Crippen molar-refractivity contribution in [1.82, 2.24) is 10.2 Å². The number of nitrogens with zero attached hydrogens (tertiary/aromatic N) is 1. The zero-order valence-corrected chi connectivity index (χ0v) is 12.2. The Morgan fingerprint density at radius 1 is 1.23 bits per heavy atom. The van der Waals surface area contributed by atoms with Crippen LogP contribution in [0.25, 0.3) is 10.9 Å². The molecule has 1 heterocycles. The smallest absolute Gasteiger partial charge is 0.256 e. The predicted molar refractivity (Wildman–Crippen MR) is 85.5 cm³/mol. The van der Waals surface area contributed by atoms with E-state index in [1.165, 1.54) is 6.92 Å². The molecule has 1 amide bonds. The maximum atomic E-state index is 12.4. The second-order valence-electron chi connectivity index (χ2n) is 5.53. The molecule has 3 N–H and O–H groups in total. The van der Waals surface area contributed by atoms with Crippen LogP contribution in [0.2, 0.25) is 0 Å². The summed E-state index contributed by atoms with van der Waals surface area (Å²) in [4.78, 5) is 12.4. The predicted octanol–water partition coefficient (Wildman–Crippen LogP) is 2.50. The third kappa shape index (κ3) is 2.84. The Bertz CT molecular complexity index is 794. The van der Waals surface area contributed by atoms with Crippen LogP contribution < -0.4 is 5.32 Å². The number of benzene rings is 2. The normalized spacial score (nSPS) is 13.7. The number of H-pyrrole nitrogens is 1. The van der Waals surface area contributed by atoms with Gasteiger partial charge in [-0.25, -0.2) is 0 Å². The molecular weight excluding hydrogens is 278 g/mol. The minimum atomic E-state index is -1.50. The molecule has 3 rings (SSSR count). The van der Waals surface area contributed by atoms with Crippen LogP contribution in [0.1, 0.15) is 12.5 Å². The summed E-state index contributed by atoms with van der Waals surface area (Å²) in [6.07, 6.45) is 1.94. The molecule has 0 aliphatic rings. The van der Waals surface area contributed by atoms with E-state index in [9.17, 15) is 9.90 Å². The molecule has 0 saturated carbocycles. The third-order valence-electron chi connectivity index (χ3n) is 3.61. The number of fused-ring (bicyclic) bond motifs is 1. The lowest BCUT2D eigenvalue weighted by Crippen LogP contribution is -2.42. The first kappa shape index (κ1) is 14.3. The summed E-state index contributed by atoms with van der Waals surface area (Å²) < 4.78 is 0.